The molecule has 5 N–H and O–H groups in total. The van der Waals surface area contributed by atoms with E-state index in [4.69, 9.17) is 21.1 Å². The van der Waals surface area contributed by atoms with E-state index in [0.717, 1.165) is 0 Å². The number of nitrogens with two attached hydrogens (primary N) is 1. The Hall–Kier alpha value is -1.63. The van der Waals surface area contributed by atoms with Gasteiger partial charge in [-0.3, -0.25) is 14.4 Å². The maximum atomic E-state index is 10.4. The molecular weight excluding hydrogens is 182 g/mol. The van der Waals surface area contributed by atoms with Crippen molar-refractivity contribution in [3.05, 3.63) is 0 Å². The fraction of sp³-hybridized carbons (Fsp3) is 0.500. The van der Waals surface area contributed by atoms with E-state index in [9.17, 15) is 14.4 Å². The van der Waals surface area contributed by atoms with Crippen molar-refractivity contribution in [2.45, 2.75) is 12.5 Å². The summed E-state index contributed by atoms with van der Waals surface area (Å²) in [7, 11) is 0. The highest BCUT2D eigenvalue weighted by molar-refractivity contribution is 5.85. The fourth-order valence-electron chi connectivity index (χ4n) is 0.728. The molecule has 0 amide bonds. The van der Waals surface area contributed by atoms with Crippen LogP contribution in [0.5, 0.6) is 0 Å². The molecule has 0 bridgehead atoms. The Kier molecular flexibility index (Phi) is 3.86. The average molecular weight is 191 g/mol. The average Bonchev–Trinajstić information content (AvgIpc) is 1.97. The number of carboxylic acid groups (broad SMARTS) is 3. The second-order valence-corrected chi connectivity index (χ2v) is 2.41. The predicted octanol–water partition coefficient (Wildman–Crippen LogP) is -1.43. The van der Waals surface area contributed by atoms with E-state index in [0.29, 0.717) is 0 Å². The molecule has 74 valence electrons. The van der Waals surface area contributed by atoms with Crippen LogP contribution in [0.4, 0.5) is 0 Å². The summed E-state index contributed by atoms with van der Waals surface area (Å²) >= 11 is 0. The van der Waals surface area contributed by atoms with Crippen LogP contribution in [0.15, 0.2) is 0 Å². The minimum absolute atomic E-state index is 0.803. The Labute approximate surface area is 72.8 Å². The van der Waals surface area contributed by atoms with Gasteiger partial charge in [0.15, 0.2) is 0 Å². The van der Waals surface area contributed by atoms with Gasteiger partial charge in [0.05, 0.1) is 12.3 Å². The third-order valence-corrected chi connectivity index (χ3v) is 1.43. The van der Waals surface area contributed by atoms with E-state index in [-0.39, 0.29) is 0 Å². The van der Waals surface area contributed by atoms with Crippen molar-refractivity contribution in [2.24, 2.45) is 11.7 Å². The summed E-state index contributed by atoms with van der Waals surface area (Å²) < 4.78 is 0. The van der Waals surface area contributed by atoms with Crippen LogP contribution < -0.4 is 5.73 Å². The molecule has 0 spiro atoms. The van der Waals surface area contributed by atoms with Gasteiger partial charge in [-0.05, 0) is 0 Å². The topological polar surface area (TPSA) is 138 Å². The summed E-state index contributed by atoms with van der Waals surface area (Å²) in [4.78, 5) is 30.7. The monoisotopic (exact) mass is 191 g/mol. The highest BCUT2D eigenvalue weighted by Gasteiger charge is 2.32. The van der Waals surface area contributed by atoms with E-state index in [2.05, 4.69) is 0 Å². The van der Waals surface area contributed by atoms with Crippen molar-refractivity contribution in [2.75, 3.05) is 0 Å². The lowest BCUT2D eigenvalue weighted by Crippen LogP contribution is -2.43. The normalized spacial score (nSPS) is 14.5. The second kappa shape index (κ2) is 4.41. The van der Waals surface area contributed by atoms with Crippen LogP contribution in [-0.2, 0) is 14.4 Å². The molecule has 0 aromatic rings. The van der Waals surface area contributed by atoms with E-state index in [1.807, 2.05) is 0 Å². The zero-order valence-electron chi connectivity index (χ0n) is 6.51. The molecule has 0 rings (SSSR count). The van der Waals surface area contributed by atoms with Crippen molar-refractivity contribution in [1.82, 2.24) is 0 Å². The smallest absolute Gasteiger partial charge is 0.321 e. The van der Waals surface area contributed by atoms with Gasteiger partial charge in [0.25, 0.3) is 0 Å². The van der Waals surface area contributed by atoms with Gasteiger partial charge in [-0.25, -0.2) is 0 Å². The number of aliphatic carboxylic acids is 3. The molecule has 0 aromatic heterocycles. The van der Waals surface area contributed by atoms with E-state index in [1.54, 1.807) is 0 Å². The lowest BCUT2D eigenvalue weighted by atomic mass is 9.97. The van der Waals surface area contributed by atoms with Gasteiger partial charge in [-0.15, -0.1) is 0 Å². The van der Waals surface area contributed by atoms with Gasteiger partial charge in [0.1, 0.15) is 6.04 Å². The summed E-state index contributed by atoms with van der Waals surface area (Å²) in [5.41, 5.74) is 4.97. The SMILES string of the molecule is NC(C(=O)O)C(CC(=O)O)C(=O)O. The summed E-state index contributed by atoms with van der Waals surface area (Å²) in [5, 5.41) is 25.0. The minimum Gasteiger partial charge on any atom is -0.481 e. The Morgan fingerprint density at radius 2 is 1.54 bits per heavy atom. The van der Waals surface area contributed by atoms with Gasteiger partial charge in [-0.1, -0.05) is 0 Å². The standard InChI is InChI=1S/C6H9NO6/c7-4(6(12)13)2(5(10)11)1-3(8)9/h2,4H,1,7H2,(H,8,9)(H,10,11)(H,12,13). The molecule has 0 aliphatic heterocycles. The molecule has 0 saturated carbocycles. The molecule has 2 unspecified atom stereocenters. The van der Waals surface area contributed by atoms with Gasteiger partial charge < -0.3 is 21.1 Å². The number of hydrogen-bond acceptors (Lipinski definition) is 4. The molecular formula is C6H9NO6. The van der Waals surface area contributed by atoms with E-state index >= 15 is 0 Å². The molecule has 0 aromatic carbocycles. The molecule has 13 heavy (non-hydrogen) atoms. The predicted molar refractivity (Wildman–Crippen MR) is 39.0 cm³/mol. The Bertz CT molecular complexity index is 237. The molecule has 7 heteroatoms. The maximum Gasteiger partial charge on any atom is 0.321 e. The molecule has 0 aliphatic rings. The molecule has 2 atom stereocenters. The Morgan fingerprint density at radius 3 is 1.77 bits per heavy atom. The van der Waals surface area contributed by atoms with Crippen molar-refractivity contribution >= 4 is 17.9 Å². The largest absolute Gasteiger partial charge is 0.481 e. The van der Waals surface area contributed by atoms with Crippen LogP contribution in [-0.4, -0.2) is 39.3 Å². The van der Waals surface area contributed by atoms with Crippen molar-refractivity contribution in [3.8, 4) is 0 Å². The number of rotatable bonds is 5. The number of hydrogen-bond donors (Lipinski definition) is 4. The Balaban J connectivity index is 4.51. The first-order chi connectivity index (χ1) is 5.86. The van der Waals surface area contributed by atoms with Crippen LogP contribution in [0.2, 0.25) is 0 Å². The van der Waals surface area contributed by atoms with Crippen LogP contribution in [0.3, 0.4) is 0 Å². The second-order valence-electron chi connectivity index (χ2n) is 2.41. The van der Waals surface area contributed by atoms with Crippen LogP contribution in [0.25, 0.3) is 0 Å². The third-order valence-electron chi connectivity index (χ3n) is 1.43. The van der Waals surface area contributed by atoms with Gasteiger partial charge in [0.2, 0.25) is 0 Å². The lowest BCUT2D eigenvalue weighted by Gasteiger charge is -2.13. The van der Waals surface area contributed by atoms with E-state index < -0.39 is 36.3 Å². The summed E-state index contributed by atoms with van der Waals surface area (Å²) in [6, 6.07) is -1.70. The fourth-order valence-corrected chi connectivity index (χ4v) is 0.728. The zero-order chi connectivity index (χ0) is 10.6. The number of carbonyl (C=O) groups is 3. The summed E-state index contributed by atoms with van der Waals surface area (Å²) in [5.74, 6) is -6.06. The molecule has 0 aliphatic carbocycles. The lowest BCUT2D eigenvalue weighted by molar-refractivity contribution is -0.153. The minimum atomic E-state index is -1.70. The quantitative estimate of drug-likeness (QED) is 0.418. The maximum absolute atomic E-state index is 10.4. The highest BCUT2D eigenvalue weighted by atomic mass is 16.4. The van der Waals surface area contributed by atoms with Crippen LogP contribution in [0.1, 0.15) is 6.42 Å². The molecule has 7 nitrogen and oxygen atoms in total. The molecule has 0 fully saturated rings. The highest BCUT2D eigenvalue weighted by Crippen LogP contribution is 2.08. The Morgan fingerprint density at radius 1 is 1.08 bits per heavy atom. The first-order valence-corrected chi connectivity index (χ1v) is 3.29. The van der Waals surface area contributed by atoms with E-state index in [1.165, 1.54) is 0 Å². The summed E-state index contributed by atoms with van der Waals surface area (Å²) in [6.45, 7) is 0. The van der Waals surface area contributed by atoms with Gasteiger partial charge in [-0.2, -0.15) is 0 Å². The van der Waals surface area contributed by atoms with Crippen LogP contribution in [0, 0.1) is 5.92 Å². The molecule has 0 radical (unpaired) electrons. The molecule has 0 heterocycles. The first kappa shape index (κ1) is 11.4. The van der Waals surface area contributed by atoms with Crippen molar-refractivity contribution in [1.29, 1.82) is 0 Å². The van der Waals surface area contributed by atoms with Gasteiger partial charge >= 0.3 is 17.9 Å². The van der Waals surface area contributed by atoms with Crippen molar-refractivity contribution < 1.29 is 29.7 Å². The third kappa shape index (κ3) is 3.52. The van der Waals surface area contributed by atoms with Crippen molar-refractivity contribution in [3.63, 3.8) is 0 Å². The molecule has 0 saturated heterocycles. The zero-order valence-corrected chi connectivity index (χ0v) is 6.51. The first-order valence-electron chi connectivity index (χ1n) is 3.29. The van der Waals surface area contributed by atoms with Gasteiger partial charge in [0, 0.05) is 0 Å². The number of carboxylic acids is 3. The van der Waals surface area contributed by atoms with Crippen LogP contribution >= 0.6 is 0 Å². The summed E-state index contributed by atoms with van der Waals surface area (Å²) in [6.07, 6.45) is -0.803.